The molecule has 1 heterocycles. The maximum absolute atomic E-state index is 11.7. The zero-order chi connectivity index (χ0) is 15.2. The maximum atomic E-state index is 11.7. The second-order valence-corrected chi connectivity index (χ2v) is 5.25. The molecule has 2 rings (SSSR count). The Hall–Kier alpha value is -2.14. The van der Waals surface area contributed by atoms with Gasteiger partial charge in [0.15, 0.2) is 0 Å². The second-order valence-electron chi connectivity index (χ2n) is 5.25. The van der Waals surface area contributed by atoms with Crippen LogP contribution in [-0.2, 0) is 11.3 Å². The highest BCUT2D eigenvalue weighted by Crippen LogP contribution is 2.19. The molecule has 2 aromatic rings. The Balaban J connectivity index is 2.05. The van der Waals surface area contributed by atoms with E-state index in [1.807, 2.05) is 49.2 Å². The van der Waals surface area contributed by atoms with Crippen molar-refractivity contribution >= 4 is 22.6 Å². The lowest BCUT2D eigenvalue weighted by Crippen LogP contribution is -2.35. The predicted octanol–water partition coefficient (Wildman–Crippen LogP) is 1.77. The Morgan fingerprint density at radius 1 is 1.38 bits per heavy atom. The van der Waals surface area contributed by atoms with Gasteiger partial charge in [0.25, 0.3) is 0 Å². The Bertz CT molecular complexity index is 627. The van der Waals surface area contributed by atoms with Crippen LogP contribution in [0.2, 0.25) is 0 Å². The molecule has 0 saturated carbocycles. The number of fused-ring (bicyclic) bond motifs is 1. The number of nitrogens with zero attached hydrogens (tertiary/aromatic N) is 2. The van der Waals surface area contributed by atoms with E-state index in [2.05, 4.69) is 10.3 Å². The van der Waals surface area contributed by atoms with E-state index in [4.69, 9.17) is 5.73 Å². The molecule has 0 bridgehead atoms. The van der Waals surface area contributed by atoms with Gasteiger partial charge in [-0.25, -0.2) is 4.98 Å². The first-order valence-corrected chi connectivity index (χ1v) is 7.19. The first kappa shape index (κ1) is 15.3. The van der Waals surface area contributed by atoms with Gasteiger partial charge in [0, 0.05) is 24.0 Å². The third-order valence-electron chi connectivity index (χ3n) is 3.26. The summed E-state index contributed by atoms with van der Waals surface area (Å²) in [6.45, 7) is 3.70. The van der Waals surface area contributed by atoms with Crippen LogP contribution in [0.5, 0.6) is 0 Å². The fraction of sp³-hybridized carbons (Fsp3) is 0.375. The average molecular weight is 286 g/mol. The molecule has 1 aromatic carbocycles. The smallest absolute Gasteiger partial charge is 0.234 e. The van der Waals surface area contributed by atoms with E-state index in [0.29, 0.717) is 25.5 Å². The Morgan fingerprint density at radius 2 is 2.14 bits per heavy atom. The Morgan fingerprint density at radius 3 is 2.90 bits per heavy atom. The highest BCUT2D eigenvalue weighted by atomic mass is 16.2. The van der Waals surface area contributed by atoms with E-state index in [-0.39, 0.29) is 5.91 Å². The largest absolute Gasteiger partial charge is 0.383 e. The number of rotatable bonds is 6. The first-order chi connectivity index (χ1) is 10.1. The number of benzene rings is 1. The number of para-hydroxylation sites is 1. The van der Waals surface area contributed by atoms with Crippen molar-refractivity contribution in [1.82, 2.24) is 15.2 Å². The summed E-state index contributed by atoms with van der Waals surface area (Å²) in [4.78, 5) is 18.0. The van der Waals surface area contributed by atoms with Gasteiger partial charge < -0.3 is 11.1 Å². The molecule has 1 aromatic heterocycles. The molecule has 0 aliphatic rings. The van der Waals surface area contributed by atoms with Gasteiger partial charge in [0.05, 0.1) is 12.1 Å². The monoisotopic (exact) mass is 286 g/mol. The van der Waals surface area contributed by atoms with Crippen LogP contribution in [0.3, 0.4) is 0 Å². The lowest BCUT2D eigenvalue weighted by molar-refractivity contribution is -0.122. The number of aromatic nitrogens is 1. The Labute approximate surface area is 125 Å². The Kier molecular flexibility index (Phi) is 5.11. The summed E-state index contributed by atoms with van der Waals surface area (Å²) in [6.07, 6.45) is 0.941. The summed E-state index contributed by atoms with van der Waals surface area (Å²) in [5, 5.41) is 3.93. The molecule has 0 radical (unpaired) electrons. The van der Waals surface area contributed by atoms with E-state index < -0.39 is 0 Å². The van der Waals surface area contributed by atoms with Crippen LogP contribution < -0.4 is 11.1 Å². The van der Waals surface area contributed by atoms with Crippen molar-refractivity contribution in [2.24, 2.45) is 0 Å². The number of carbonyl (C=O) groups excluding carboxylic acids is 1. The topological polar surface area (TPSA) is 71.2 Å². The molecule has 0 aliphatic heterocycles. The molecular weight excluding hydrogens is 264 g/mol. The third-order valence-corrected chi connectivity index (χ3v) is 3.26. The normalized spacial score (nSPS) is 11.0. The van der Waals surface area contributed by atoms with Crippen LogP contribution >= 0.6 is 0 Å². The van der Waals surface area contributed by atoms with Gasteiger partial charge in [-0.1, -0.05) is 25.1 Å². The highest BCUT2D eigenvalue weighted by molar-refractivity contribution is 5.81. The lowest BCUT2D eigenvalue weighted by atomic mass is 10.1. The number of hydrogen-bond acceptors (Lipinski definition) is 4. The van der Waals surface area contributed by atoms with Crippen LogP contribution in [0.15, 0.2) is 30.3 Å². The molecule has 3 N–H and O–H groups in total. The number of nitrogens with one attached hydrogen (secondary N) is 1. The van der Waals surface area contributed by atoms with E-state index in [0.717, 1.165) is 22.9 Å². The summed E-state index contributed by atoms with van der Waals surface area (Å²) < 4.78 is 0. The lowest BCUT2D eigenvalue weighted by Gasteiger charge is -2.17. The van der Waals surface area contributed by atoms with Crippen LogP contribution in [0.1, 0.15) is 18.9 Å². The van der Waals surface area contributed by atoms with Crippen molar-refractivity contribution in [2.45, 2.75) is 19.9 Å². The molecule has 5 nitrogen and oxygen atoms in total. The van der Waals surface area contributed by atoms with Gasteiger partial charge in [-0.2, -0.15) is 0 Å². The molecular formula is C16H22N4O. The second kappa shape index (κ2) is 7.04. The van der Waals surface area contributed by atoms with Gasteiger partial charge in [0.2, 0.25) is 5.91 Å². The molecule has 0 unspecified atom stereocenters. The summed E-state index contributed by atoms with van der Waals surface area (Å²) in [7, 11) is 1.90. The minimum absolute atomic E-state index is 0.0340. The van der Waals surface area contributed by atoms with Crippen molar-refractivity contribution in [1.29, 1.82) is 0 Å². The predicted molar refractivity (Wildman–Crippen MR) is 85.8 cm³/mol. The number of hydrogen-bond donors (Lipinski definition) is 2. The molecule has 0 fully saturated rings. The van der Waals surface area contributed by atoms with Crippen LogP contribution in [0, 0.1) is 0 Å². The van der Waals surface area contributed by atoms with E-state index in [1.54, 1.807) is 0 Å². The fourth-order valence-corrected chi connectivity index (χ4v) is 2.21. The van der Waals surface area contributed by atoms with E-state index in [9.17, 15) is 4.79 Å². The number of pyridine rings is 1. The number of carbonyl (C=O) groups is 1. The van der Waals surface area contributed by atoms with Crippen molar-refractivity contribution in [2.75, 3.05) is 25.9 Å². The van der Waals surface area contributed by atoms with Gasteiger partial charge in [0.1, 0.15) is 5.82 Å². The molecule has 0 saturated heterocycles. The highest BCUT2D eigenvalue weighted by Gasteiger charge is 2.10. The van der Waals surface area contributed by atoms with Gasteiger partial charge in [-0.05, 0) is 25.6 Å². The van der Waals surface area contributed by atoms with Crippen molar-refractivity contribution in [3.63, 3.8) is 0 Å². The van der Waals surface area contributed by atoms with Gasteiger partial charge >= 0.3 is 0 Å². The van der Waals surface area contributed by atoms with Crippen molar-refractivity contribution < 1.29 is 4.79 Å². The van der Waals surface area contributed by atoms with Gasteiger partial charge in [-0.3, -0.25) is 9.69 Å². The zero-order valence-corrected chi connectivity index (χ0v) is 12.6. The molecule has 0 atom stereocenters. The summed E-state index contributed by atoms with van der Waals surface area (Å²) in [6, 6.07) is 9.92. The maximum Gasteiger partial charge on any atom is 0.234 e. The molecule has 0 aliphatic carbocycles. The van der Waals surface area contributed by atoms with Crippen LogP contribution in [0.25, 0.3) is 10.9 Å². The first-order valence-electron chi connectivity index (χ1n) is 7.19. The summed E-state index contributed by atoms with van der Waals surface area (Å²) in [5.41, 5.74) is 7.84. The molecule has 21 heavy (non-hydrogen) atoms. The summed E-state index contributed by atoms with van der Waals surface area (Å²) in [5.74, 6) is 0.557. The molecule has 112 valence electrons. The minimum Gasteiger partial charge on any atom is -0.383 e. The SMILES string of the molecule is CCCNC(=O)CN(C)Cc1cc2ccccc2nc1N. The third kappa shape index (κ3) is 4.16. The minimum atomic E-state index is 0.0340. The quantitative estimate of drug-likeness (QED) is 0.849. The average Bonchev–Trinajstić information content (AvgIpc) is 2.45. The molecule has 1 amide bonds. The van der Waals surface area contributed by atoms with Crippen molar-refractivity contribution in [3.8, 4) is 0 Å². The van der Waals surface area contributed by atoms with Gasteiger partial charge in [-0.15, -0.1) is 0 Å². The van der Waals surface area contributed by atoms with E-state index >= 15 is 0 Å². The standard InChI is InChI=1S/C16H22N4O/c1-3-8-18-15(21)11-20(2)10-13-9-12-6-4-5-7-14(12)19-16(13)17/h4-7,9H,3,8,10-11H2,1-2H3,(H2,17,19)(H,18,21). The van der Waals surface area contributed by atoms with Crippen LogP contribution in [0.4, 0.5) is 5.82 Å². The fourth-order valence-electron chi connectivity index (χ4n) is 2.21. The molecule has 5 heteroatoms. The number of amides is 1. The summed E-state index contributed by atoms with van der Waals surface area (Å²) >= 11 is 0. The number of nitrogen functional groups attached to an aromatic ring is 1. The van der Waals surface area contributed by atoms with Crippen LogP contribution in [-0.4, -0.2) is 35.9 Å². The number of nitrogens with two attached hydrogens (primary N) is 1. The van der Waals surface area contributed by atoms with Crippen molar-refractivity contribution in [3.05, 3.63) is 35.9 Å². The zero-order valence-electron chi connectivity index (χ0n) is 12.6. The number of anilines is 1. The molecule has 0 spiro atoms. The number of likely N-dealkylation sites (N-methyl/N-ethyl adjacent to an activating group) is 1. The van der Waals surface area contributed by atoms with E-state index in [1.165, 1.54) is 0 Å².